The second kappa shape index (κ2) is 7.50. The molecule has 158 valence electrons. The van der Waals surface area contributed by atoms with E-state index in [4.69, 9.17) is 0 Å². The maximum atomic E-state index is 12.8. The van der Waals surface area contributed by atoms with E-state index >= 15 is 0 Å². The van der Waals surface area contributed by atoms with Gasteiger partial charge in [-0.1, -0.05) is 30.3 Å². The molecule has 0 unspecified atom stereocenters. The average molecular weight is 433 g/mol. The lowest BCUT2D eigenvalue weighted by atomic mass is 9.86. The summed E-state index contributed by atoms with van der Waals surface area (Å²) < 4.78 is 38.5. The summed E-state index contributed by atoms with van der Waals surface area (Å²) >= 11 is 1.12. The minimum atomic E-state index is -4.21. The number of nitrogens with zero attached hydrogens (tertiary/aromatic N) is 4. The molecule has 4 nitrogen and oxygen atoms in total. The van der Waals surface area contributed by atoms with Crippen LogP contribution >= 0.6 is 11.3 Å². The van der Waals surface area contributed by atoms with Crippen molar-refractivity contribution >= 4 is 27.4 Å². The van der Waals surface area contributed by atoms with Gasteiger partial charge in [0.15, 0.2) is 0 Å². The Morgan fingerprint density at radius 1 is 1.03 bits per heavy atom. The van der Waals surface area contributed by atoms with Crippen molar-refractivity contribution in [1.29, 1.82) is 0 Å². The van der Waals surface area contributed by atoms with Gasteiger partial charge in [-0.05, 0) is 31.0 Å². The van der Waals surface area contributed by atoms with Gasteiger partial charge in [-0.25, -0.2) is 9.97 Å². The lowest BCUT2D eigenvalue weighted by Gasteiger charge is -2.25. The highest BCUT2D eigenvalue weighted by Gasteiger charge is 2.44. The molecular weight excluding hydrogens is 409 g/mol. The molecule has 2 aliphatic rings. The number of hydrogen-bond donors (Lipinski definition) is 0. The number of benzene rings is 1. The largest absolute Gasteiger partial charge is 0.393 e. The quantitative estimate of drug-likeness (QED) is 0.587. The normalized spacial score (nSPS) is 22.6. The van der Waals surface area contributed by atoms with Crippen LogP contribution in [0.25, 0.3) is 10.2 Å². The van der Waals surface area contributed by atoms with Crippen molar-refractivity contribution in [2.45, 2.75) is 32.0 Å². The molecule has 8 heteroatoms. The number of anilines is 1. The number of aromatic nitrogens is 2. The Balaban J connectivity index is 1.32. The third kappa shape index (κ3) is 4.03. The Kier molecular flexibility index (Phi) is 4.94. The third-order valence-corrected chi connectivity index (χ3v) is 7.28. The Morgan fingerprint density at radius 2 is 1.83 bits per heavy atom. The fourth-order valence-corrected chi connectivity index (χ4v) is 5.90. The van der Waals surface area contributed by atoms with Crippen LogP contribution < -0.4 is 4.90 Å². The molecule has 0 N–H and O–H groups in total. The molecule has 4 heterocycles. The molecular formula is C22H23F3N4S. The van der Waals surface area contributed by atoms with Crippen molar-refractivity contribution in [2.24, 2.45) is 5.41 Å². The predicted octanol–water partition coefficient (Wildman–Crippen LogP) is 4.90. The second-order valence-electron chi connectivity index (χ2n) is 8.54. The third-order valence-electron chi connectivity index (χ3n) is 6.24. The van der Waals surface area contributed by atoms with E-state index in [0.717, 1.165) is 68.1 Å². The summed E-state index contributed by atoms with van der Waals surface area (Å²) in [5.41, 5.74) is 1.56. The SMILES string of the molecule is FC(F)(F)Cc1cc2c(N3CC[C@@]4(CCN(Cc5ccccc5)C4)C3)ncnc2s1. The van der Waals surface area contributed by atoms with Crippen molar-refractivity contribution in [3.05, 3.63) is 53.2 Å². The van der Waals surface area contributed by atoms with Crippen molar-refractivity contribution in [3.8, 4) is 0 Å². The predicted molar refractivity (Wildman–Crippen MR) is 113 cm³/mol. The van der Waals surface area contributed by atoms with Crippen LogP contribution in [-0.4, -0.2) is 47.2 Å². The molecule has 2 aliphatic heterocycles. The van der Waals surface area contributed by atoms with Crippen LogP contribution in [0.2, 0.25) is 0 Å². The highest BCUT2D eigenvalue weighted by Crippen LogP contribution is 2.43. The van der Waals surface area contributed by atoms with Gasteiger partial charge in [0.25, 0.3) is 0 Å². The number of alkyl halides is 3. The first kappa shape index (κ1) is 19.8. The number of hydrogen-bond acceptors (Lipinski definition) is 5. The minimum absolute atomic E-state index is 0.233. The molecule has 0 aliphatic carbocycles. The zero-order chi connectivity index (χ0) is 20.8. The zero-order valence-electron chi connectivity index (χ0n) is 16.5. The minimum Gasteiger partial charge on any atom is -0.355 e. The molecule has 3 aromatic rings. The van der Waals surface area contributed by atoms with Crippen LogP contribution in [0, 0.1) is 5.41 Å². The first-order valence-electron chi connectivity index (χ1n) is 10.2. The summed E-state index contributed by atoms with van der Waals surface area (Å²) in [7, 11) is 0. The molecule has 0 radical (unpaired) electrons. The smallest absolute Gasteiger partial charge is 0.355 e. The molecule has 2 saturated heterocycles. The Labute approximate surface area is 177 Å². The first-order chi connectivity index (χ1) is 14.4. The number of halogens is 3. The number of fused-ring (bicyclic) bond motifs is 1. The molecule has 1 atom stereocenters. The fraction of sp³-hybridized carbons (Fsp3) is 0.455. The number of rotatable bonds is 4. The molecule has 0 saturated carbocycles. The molecule has 2 aromatic heterocycles. The summed E-state index contributed by atoms with van der Waals surface area (Å²) in [5.74, 6) is 0.781. The topological polar surface area (TPSA) is 32.3 Å². The highest BCUT2D eigenvalue weighted by atomic mass is 32.1. The van der Waals surface area contributed by atoms with Gasteiger partial charge in [0.1, 0.15) is 17.0 Å². The maximum Gasteiger partial charge on any atom is 0.393 e. The van der Waals surface area contributed by atoms with Crippen molar-refractivity contribution in [2.75, 3.05) is 31.1 Å². The van der Waals surface area contributed by atoms with Gasteiger partial charge in [0.05, 0.1) is 11.8 Å². The lowest BCUT2D eigenvalue weighted by molar-refractivity contribution is -0.126. The lowest BCUT2D eigenvalue weighted by Crippen LogP contribution is -2.31. The van der Waals surface area contributed by atoms with Crippen LogP contribution in [0.4, 0.5) is 19.0 Å². The Morgan fingerprint density at radius 3 is 2.63 bits per heavy atom. The van der Waals surface area contributed by atoms with Crippen LogP contribution in [0.5, 0.6) is 0 Å². The Bertz CT molecular complexity index is 1040. The fourth-order valence-electron chi connectivity index (χ4n) is 4.88. The summed E-state index contributed by atoms with van der Waals surface area (Å²) in [6.45, 7) is 4.88. The van der Waals surface area contributed by atoms with E-state index in [2.05, 4.69) is 44.0 Å². The first-order valence-corrected chi connectivity index (χ1v) is 11.0. The van der Waals surface area contributed by atoms with E-state index < -0.39 is 12.6 Å². The van der Waals surface area contributed by atoms with Crippen LogP contribution in [0.15, 0.2) is 42.7 Å². The van der Waals surface area contributed by atoms with Gasteiger partial charge in [-0.2, -0.15) is 13.2 Å². The van der Waals surface area contributed by atoms with Gasteiger partial charge in [0.2, 0.25) is 0 Å². The summed E-state index contributed by atoms with van der Waals surface area (Å²) in [5, 5.41) is 0.748. The summed E-state index contributed by atoms with van der Waals surface area (Å²) in [6.07, 6.45) is -1.41. The van der Waals surface area contributed by atoms with Gasteiger partial charge in [0, 0.05) is 36.5 Å². The molecule has 2 fully saturated rings. The Hall–Kier alpha value is -2.19. The maximum absolute atomic E-state index is 12.8. The molecule has 1 spiro atoms. The van der Waals surface area contributed by atoms with Crippen LogP contribution in [0.3, 0.4) is 0 Å². The van der Waals surface area contributed by atoms with Crippen molar-refractivity contribution < 1.29 is 13.2 Å². The van der Waals surface area contributed by atoms with E-state index in [-0.39, 0.29) is 5.41 Å². The summed E-state index contributed by atoms with van der Waals surface area (Å²) in [4.78, 5) is 14.4. The van der Waals surface area contributed by atoms with E-state index in [1.165, 1.54) is 11.9 Å². The molecule has 1 aromatic carbocycles. The second-order valence-corrected chi connectivity index (χ2v) is 9.65. The molecule has 0 bridgehead atoms. The van der Waals surface area contributed by atoms with E-state index in [1.54, 1.807) is 6.07 Å². The zero-order valence-corrected chi connectivity index (χ0v) is 17.3. The monoisotopic (exact) mass is 432 g/mol. The number of likely N-dealkylation sites (tertiary alicyclic amines) is 1. The van der Waals surface area contributed by atoms with E-state index in [0.29, 0.717) is 9.71 Å². The number of thiophene rings is 1. The van der Waals surface area contributed by atoms with Gasteiger partial charge >= 0.3 is 6.18 Å². The highest BCUT2D eigenvalue weighted by molar-refractivity contribution is 7.18. The van der Waals surface area contributed by atoms with Crippen LogP contribution in [0.1, 0.15) is 23.3 Å². The molecule has 5 rings (SSSR count). The molecule has 0 amide bonds. The summed E-state index contributed by atoms with van der Waals surface area (Å²) in [6, 6.07) is 12.2. The van der Waals surface area contributed by atoms with E-state index in [1.807, 2.05) is 6.07 Å². The van der Waals surface area contributed by atoms with E-state index in [9.17, 15) is 13.2 Å². The van der Waals surface area contributed by atoms with Crippen molar-refractivity contribution in [3.63, 3.8) is 0 Å². The average Bonchev–Trinajstić information content (AvgIpc) is 3.40. The van der Waals surface area contributed by atoms with Crippen LogP contribution in [-0.2, 0) is 13.0 Å². The van der Waals surface area contributed by atoms with Gasteiger partial charge in [-0.15, -0.1) is 11.3 Å². The standard InChI is InChI=1S/C22H23F3N4S/c23-22(24,25)11-17-10-18-19(26-15-27-20(18)30-17)29-9-7-21(14-29)6-8-28(13-21)12-16-4-2-1-3-5-16/h1-5,10,15H,6-9,11-14H2/t21-/m1/s1. The van der Waals surface area contributed by atoms with Gasteiger partial charge in [-0.3, -0.25) is 4.90 Å². The van der Waals surface area contributed by atoms with Crippen molar-refractivity contribution in [1.82, 2.24) is 14.9 Å². The van der Waals surface area contributed by atoms with Gasteiger partial charge < -0.3 is 4.90 Å². The molecule has 30 heavy (non-hydrogen) atoms.